The maximum absolute atomic E-state index is 13.1. The Hall–Kier alpha value is -3.66. The molecule has 1 saturated carbocycles. The van der Waals surface area contributed by atoms with Crippen LogP contribution in [0.2, 0.25) is 0 Å². The minimum atomic E-state index is -0.623. The van der Waals surface area contributed by atoms with Gasteiger partial charge in [0.25, 0.3) is 11.6 Å². The Morgan fingerprint density at radius 3 is 2.34 bits per heavy atom. The highest BCUT2D eigenvalue weighted by Gasteiger charge is 2.27. The van der Waals surface area contributed by atoms with Crippen molar-refractivity contribution in [3.8, 4) is 11.5 Å². The van der Waals surface area contributed by atoms with Gasteiger partial charge in [0, 0.05) is 42.1 Å². The summed E-state index contributed by atoms with van der Waals surface area (Å²) in [6, 6.07) is 8.82. The molecular formula is C25H32N4O6. The summed E-state index contributed by atoms with van der Waals surface area (Å²) in [6.07, 6.45) is 3.31. The van der Waals surface area contributed by atoms with Crippen LogP contribution in [0.1, 0.15) is 43.5 Å². The number of carbonyl (C=O) groups is 2. The monoisotopic (exact) mass is 484 g/mol. The molecular weight excluding hydrogens is 452 g/mol. The van der Waals surface area contributed by atoms with Gasteiger partial charge in [0.15, 0.2) is 0 Å². The van der Waals surface area contributed by atoms with E-state index in [0.717, 1.165) is 18.9 Å². The molecule has 1 fully saturated rings. The molecule has 35 heavy (non-hydrogen) atoms. The van der Waals surface area contributed by atoms with Gasteiger partial charge in [-0.05, 0) is 24.3 Å². The van der Waals surface area contributed by atoms with Crippen molar-refractivity contribution in [1.29, 1.82) is 0 Å². The second-order valence-electron chi connectivity index (χ2n) is 8.85. The van der Waals surface area contributed by atoms with Gasteiger partial charge in [-0.15, -0.1) is 0 Å². The Balaban J connectivity index is 1.77. The van der Waals surface area contributed by atoms with Crippen LogP contribution in [0.25, 0.3) is 0 Å². The maximum atomic E-state index is 13.1. The predicted molar refractivity (Wildman–Crippen MR) is 133 cm³/mol. The van der Waals surface area contributed by atoms with Crippen molar-refractivity contribution >= 4 is 28.9 Å². The van der Waals surface area contributed by atoms with E-state index in [1.54, 1.807) is 18.2 Å². The summed E-state index contributed by atoms with van der Waals surface area (Å²) in [7, 11) is 2.97. The lowest BCUT2D eigenvalue weighted by atomic mass is 9.78. The zero-order valence-corrected chi connectivity index (χ0v) is 20.4. The Morgan fingerprint density at radius 1 is 1.03 bits per heavy atom. The summed E-state index contributed by atoms with van der Waals surface area (Å²) in [5, 5.41) is 20.0. The van der Waals surface area contributed by atoms with Crippen LogP contribution in [-0.2, 0) is 4.79 Å². The molecule has 1 aliphatic rings. The predicted octanol–water partition coefficient (Wildman–Crippen LogP) is 4.22. The molecule has 3 atom stereocenters. The van der Waals surface area contributed by atoms with Crippen molar-refractivity contribution < 1.29 is 24.0 Å². The van der Waals surface area contributed by atoms with E-state index in [1.165, 1.54) is 32.8 Å². The highest BCUT2D eigenvalue weighted by Crippen LogP contribution is 2.30. The number of nitro benzene ring substituents is 1. The van der Waals surface area contributed by atoms with E-state index >= 15 is 0 Å². The average molecular weight is 485 g/mol. The topological polar surface area (TPSA) is 132 Å². The molecule has 0 unspecified atom stereocenters. The molecule has 0 saturated heterocycles. The van der Waals surface area contributed by atoms with Crippen molar-refractivity contribution in [3.63, 3.8) is 0 Å². The molecule has 2 aromatic carbocycles. The molecule has 2 amide bonds. The first kappa shape index (κ1) is 26.0. The van der Waals surface area contributed by atoms with E-state index in [9.17, 15) is 19.7 Å². The van der Waals surface area contributed by atoms with Crippen LogP contribution in [0, 0.1) is 22.0 Å². The Morgan fingerprint density at radius 2 is 1.71 bits per heavy atom. The number of carbonyl (C=O) groups excluding carboxylic acids is 2. The number of anilines is 2. The quantitative estimate of drug-likeness (QED) is 0.359. The summed E-state index contributed by atoms with van der Waals surface area (Å²) in [5.41, 5.74) is 0.255. The van der Waals surface area contributed by atoms with E-state index in [4.69, 9.17) is 9.47 Å². The van der Waals surface area contributed by atoms with Crippen molar-refractivity contribution in [2.24, 2.45) is 11.8 Å². The van der Waals surface area contributed by atoms with Crippen LogP contribution in [0.4, 0.5) is 17.1 Å². The molecule has 188 valence electrons. The van der Waals surface area contributed by atoms with Gasteiger partial charge in [0.05, 0.1) is 36.9 Å². The molecule has 1 aliphatic carbocycles. The smallest absolute Gasteiger partial charge is 0.270 e. The zero-order valence-electron chi connectivity index (χ0n) is 20.4. The summed E-state index contributed by atoms with van der Waals surface area (Å²) in [4.78, 5) is 36.5. The summed E-state index contributed by atoms with van der Waals surface area (Å²) < 4.78 is 10.4. The van der Waals surface area contributed by atoms with Gasteiger partial charge in [-0.3, -0.25) is 19.7 Å². The third kappa shape index (κ3) is 6.69. The van der Waals surface area contributed by atoms with Gasteiger partial charge in [-0.2, -0.15) is 0 Å². The number of ether oxygens (including phenoxy) is 2. The number of hydrogen-bond donors (Lipinski definition) is 3. The number of methoxy groups -OCH3 is 2. The number of nitrogens with one attached hydrogen (secondary N) is 3. The minimum absolute atomic E-state index is 0.0333. The molecule has 0 aliphatic heterocycles. The fourth-order valence-electron chi connectivity index (χ4n) is 4.31. The normalized spacial score (nSPS) is 19.5. The third-order valence-corrected chi connectivity index (χ3v) is 6.57. The molecule has 2 aromatic rings. The minimum Gasteiger partial charge on any atom is -0.497 e. The first-order chi connectivity index (χ1) is 16.7. The number of nitro groups is 1. The largest absolute Gasteiger partial charge is 0.497 e. The van der Waals surface area contributed by atoms with Crippen LogP contribution in [0.3, 0.4) is 0 Å². The second kappa shape index (κ2) is 11.7. The number of amides is 2. The molecule has 0 spiro atoms. The van der Waals surface area contributed by atoms with Crippen LogP contribution < -0.4 is 25.4 Å². The first-order valence-electron chi connectivity index (χ1n) is 11.6. The van der Waals surface area contributed by atoms with Crippen LogP contribution in [0.15, 0.2) is 36.4 Å². The lowest BCUT2D eigenvalue weighted by Crippen LogP contribution is -2.43. The summed E-state index contributed by atoms with van der Waals surface area (Å²) in [5.74, 6) is 1.01. The maximum Gasteiger partial charge on any atom is 0.270 e. The number of non-ortho nitro benzene ring substituents is 1. The number of rotatable bonds is 9. The van der Waals surface area contributed by atoms with E-state index < -0.39 is 10.8 Å². The molecule has 0 bridgehead atoms. The van der Waals surface area contributed by atoms with E-state index in [-0.39, 0.29) is 35.4 Å². The second-order valence-corrected chi connectivity index (χ2v) is 8.85. The summed E-state index contributed by atoms with van der Waals surface area (Å²) >= 11 is 0. The lowest BCUT2D eigenvalue weighted by molar-refractivity contribution is -0.384. The Bertz CT molecular complexity index is 1070. The molecule has 3 N–H and O–H groups in total. The zero-order chi connectivity index (χ0) is 25.5. The number of benzene rings is 2. The molecule has 10 heteroatoms. The molecule has 0 heterocycles. The number of nitrogens with zero attached hydrogens (tertiary/aromatic N) is 1. The molecule has 0 radical (unpaired) electrons. The van der Waals surface area contributed by atoms with Gasteiger partial charge >= 0.3 is 0 Å². The van der Waals surface area contributed by atoms with Crippen LogP contribution in [-0.4, -0.2) is 43.5 Å². The summed E-state index contributed by atoms with van der Waals surface area (Å²) in [6.45, 7) is 4.48. The molecule has 3 rings (SSSR count). The standard InChI is InChI=1S/C25H32N4O6/c1-15-6-5-7-22(16(15)2)26-14-24(30)28-23-9-8-18(29(32)33)12-21(23)25(31)27-17-10-19(34-3)13-20(11-17)35-4/h8-13,15-16,22,26H,5-7,14H2,1-4H3,(H,27,31)(H,28,30)/t15-,16+,22-/m1/s1. The SMILES string of the molecule is COc1cc(NC(=O)c2cc([N+](=O)[O-])ccc2NC(=O)CN[C@@H]2CCC[C@@H](C)[C@@H]2C)cc(OC)c1. The van der Waals surface area contributed by atoms with Gasteiger partial charge in [0.2, 0.25) is 5.91 Å². The Labute approximate surface area is 204 Å². The Kier molecular flexibility index (Phi) is 8.64. The van der Waals surface area contributed by atoms with Crippen LogP contribution >= 0.6 is 0 Å². The first-order valence-corrected chi connectivity index (χ1v) is 11.6. The van der Waals surface area contributed by atoms with E-state index in [1.807, 2.05) is 0 Å². The third-order valence-electron chi connectivity index (χ3n) is 6.57. The van der Waals surface area contributed by atoms with Gasteiger partial charge in [0.1, 0.15) is 11.5 Å². The highest BCUT2D eigenvalue weighted by molar-refractivity contribution is 6.10. The lowest BCUT2D eigenvalue weighted by Gasteiger charge is -2.34. The van der Waals surface area contributed by atoms with Crippen molar-refractivity contribution in [1.82, 2.24) is 5.32 Å². The van der Waals surface area contributed by atoms with Gasteiger partial charge in [-0.25, -0.2) is 0 Å². The average Bonchev–Trinajstić information content (AvgIpc) is 2.84. The van der Waals surface area contributed by atoms with Crippen LogP contribution in [0.5, 0.6) is 11.5 Å². The number of hydrogen-bond acceptors (Lipinski definition) is 7. The van der Waals surface area contributed by atoms with E-state index in [0.29, 0.717) is 29.0 Å². The fourth-order valence-corrected chi connectivity index (χ4v) is 4.31. The van der Waals surface area contributed by atoms with Gasteiger partial charge in [-0.1, -0.05) is 26.7 Å². The fraction of sp³-hybridized carbons (Fsp3) is 0.440. The molecule has 10 nitrogen and oxygen atoms in total. The van der Waals surface area contributed by atoms with E-state index in [2.05, 4.69) is 29.8 Å². The van der Waals surface area contributed by atoms with Crippen molar-refractivity contribution in [3.05, 3.63) is 52.1 Å². The highest BCUT2D eigenvalue weighted by atomic mass is 16.6. The molecule has 0 aromatic heterocycles. The van der Waals surface area contributed by atoms with Crippen molar-refractivity contribution in [2.45, 2.75) is 39.2 Å². The van der Waals surface area contributed by atoms with Gasteiger partial charge < -0.3 is 25.4 Å². The van der Waals surface area contributed by atoms with Crippen molar-refractivity contribution in [2.75, 3.05) is 31.4 Å².